The van der Waals surface area contributed by atoms with Gasteiger partial charge in [-0.15, -0.1) is 0 Å². The van der Waals surface area contributed by atoms with Crippen molar-refractivity contribution in [1.82, 2.24) is 0 Å². The summed E-state index contributed by atoms with van der Waals surface area (Å²) in [5, 5.41) is 0.810. The number of aryl methyl sites for hydroxylation is 1. The van der Waals surface area contributed by atoms with E-state index in [0.717, 1.165) is 5.02 Å². The van der Waals surface area contributed by atoms with E-state index >= 15 is 0 Å². The van der Waals surface area contributed by atoms with Crippen molar-refractivity contribution in [3.8, 4) is 0 Å². The van der Waals surface area contributed by atoms with Crippen molar-refractivity contribution in [2.24, 2.45) is 0 Å². The molecule has 6 heteroatoms. The molecule has 2 nitrogen and oxygen atoms in total. The fourth-order valence-electron chi connectivity index (χ4n) is 0.606. The Balaban J connectivity index is 0.000000252. The topological polar surface area (TPSA) is 34.1 Å². The van der Waals surface area contributed by atoms with E-state index in [1.54, 1.807) is 0 Å². The van der Waals surface area contributed by atoms with Crippen LogP contribution < -0.4 is 0 Å². The number of hydrogen-bond acceptors (Lipinski definition) is 2. The van der Waals surface area contributed by atoms with Gasteiger partial charge in [0.25, 0.3) is 0 Å². The van der Waals surface area contributed by atoms with Crippen molar-refractivity contribution >= 4 is 41.2 Å². The fraction of sp³-hybridized carbons (Fsp3) is 0.143. The molecule has 0 N–H and O–H groups in total. The van der Waals surface area contributed by atoms with E-state index in [4.69, 9.17) is 20.0 Å². The third kappa shape index (κ3) is 12.0. The molecule has 0 heterocycles. The van der Waals surface area contributed by atoms with E-state index in [0.29, 0.717) is 0 Å². The third-order valence-electron chi connectivity index (χ3n) is 0.980. The van der Waals surface area contributed by atoms with Gasteiger partial charge in [0.05, 0.1) is 0 Å². The average molecular weight is 262 g/mol. The molecule has 0 radical (unpaired) electrons. The minimum absolute atomic E-state index is 0.810. The standard InChI is InChI=1S/C7H7Cl.Cl2O2S/c1-6-3-2-4-7(8)5-6;1-5(2,3)4/h2-5H,1H3;. The summed E-state index contributed by atoms with van der Waals surface area (Å²) < 4.78 is 18.3. The third-order valence-corrected chi connectivity index (χ3v) is 1.22. The minimum atomic E-state index is -3.72. The predicted octanol–water partition coefficient (Wildman–Crippen LogP) is 3.36. The highest BCUT2D eigenvalue weighted by Crippen LogP contribution is 2.08. The molecule has 1 aromatic rings. The summed E-state index contributed by atoms with van der Waals surface area (Å²) in [5.74, 6) is 0. The zero-order valence-electron chi connectivity index (χ0n) is 6.67. The smallest absolute Gasteiger partial charge is 0.195 e. The molecule has 0 amide bonds. The molecule has 1 aromatic carbocycles. The Kier molecular flexibility index (Phi) is 5.72. The van der Waals surface area contributed by atoms with Gasteiger partial charge in [-0.25, -0.2) is 0 Å². The van der Waals surface area contributed by atoms with Crippen molar-refractivity contribution in [1.29, 1.82) is 0 Å². The van der Waals surface area contributed by atoms with E-state index < -0.39 is 8.26 Å². The van der Waals surface area contributed by atoms with Gasteiger partial charge in [0.15, 0.2) is 0 Å². The van der Waals surface area contributed by atoms with Crippen LogP contribution in [0.25, 0.3) is 0 Å². The van der Waals surface area contributed by atoms with Crippen molar-refractivity contribution < 1.29 is 8.42 Å². The molecule has 0 saturated carbocycles. The zero-order valence-corrected chi connectivity index (χ0v) is 9.75. The van der Waals surface area contributed by atoms with E-state index in [1.165, 1.54) is 5.56 Å². The Morgan fingerprint density at radius 1 is 1.23 bits per heavy atom. The highest BCUT2D eigenvalue weighted by Gasteiger charge is 1.88. The average Bonchev–Trinajstić information content (AvgIpc) is 1.81. The summed E-state index contributed by atoms with van der Waals surface area (Å²) in [6.07, 6.45) is 0. The van der Waals surface area contributed by atoms with Gasteiger partial charge in [0.1, 0.15) is 0 Å². The molecule has 0 fully saturated rings. The molecule has 0 unspecified atom stereocenters. The first-order chi connectivity index (χ1) is 5.79. The molecule has 0 aromatic heterocycles. The van der Waals surface area contributed by atoms with Gasteiger partial charge >= 0.3 is 8.26 Å². The van der Waals surface area contributed by atoms with Gasteiger partial charge in [-0.05, 0) is 24.6 Å². The van der Waals surface area contributed by atoms with Crippen molar-refractivity contribution in [3.63, 3.8) is 0 Å². The summed E-state index contributed by atoms with van der Waals surface area (Å²) in [6.45, 7) is 2.02. The van der Waals surface area contributed by atoms with E-state index in [1.807, 2.05) is 31.2 Å². The van der Waals surface area contributed by atoms with Crippen LogP contribution >= 0.6 is 33.0 Å². The van der Waals surface area contributed by atoms with Gasteiger partial charge in [0.2, 0.25) is 0 Å². The van der Waals surface area contributed by atoms with Crippen molar-refractivity contribution in [2.75, 3.05) is 0 Å². The van der Waals surface area contributed by atoms with Gasteiger partial charge in [-0.3, -0.25) is 0 Å². The normalized spacial score (nSPS) is 10.2. The molecule has 0 bridgehead atoms. The van der Waals surface area contributed by atoms with Gasteiger partial charge in [-0.1, -0.05) is 23.7 Å². The maximum absolute atomic E-state index is 9.16. The second-order valence-corrected chi connectivity index (χ2v) is 6.28. The Morgan fingerprint density at radius 2 is 1.69 bits per heavy atom. The molecular weight excluding hydrogens is 255 g/mol. The van der Waals surface area contributed by atoms with Gasteiger partial charge in [-0.2, -0.15) is 8.42 Å². The number of hydrogen-bond donors (Lipinski definition) is 0. The van der Waals surface area contributed by atoms with Crippen LogP contribution in [0.1, 0.15) is 5.56 Å². The predicted molar refractivity (Wildman–Crippen MR) is 56.8 cm³/mol. The maximum atomic E-state index is 9.16. The molecule has 0 atom stereocenters. The monoisotopic (exact) mass is 260 g/mol. The first-order valence-corrected chi connectivity index (χ1v) is 6.67. The first-order valence-electron chi connectivity index (χ1n) is 3.15. The SMILES string of the molecule is Cc1cccc(Cl)c1.O=S(=O)(Cl)Cl. The molecule has 0 saturated heterocycles. The van der Waals surface area contributed by atoms with Crippen LogP contribution in [-0.2, 0) is 8.26 Å². The summed E-state index contributed by atoms with van der Waals surface area (Å²) in [5.41, 5.74) is 1.21. The summed E-state index contributed by atoms with van der Waals surface area (Å²) in [4.78, 5) is 0. The van der Waals surface area contributed by atoms with Crippen LogP contribution in [0, 0.1) is 6.92 Å². The first kappa shape index (κ1) is 13.0. The van der Waals surface area contributed by atoms with Gasteiger partial charge in [0, 0.05) is 26.4 Å². The molecule has 0 aliphatic heterocycles. The highest BCUT2D eigenvalue weighted by atomic mass is 36.0. The summed E-state index contributed by atoms with van der Waals surface area (Å²) >= 11 is 5.64. The van der Waals surface area contributed by atoms with E-state index in [2.05, 4.69) is 21.4 Å². The number of benzene rings is 1. The molecule has 0 aliphatic carbocycles. The van der Waals surface area contributed by atoms with E-state index in [-0.39, 0.29) is 0 Å². The van der Waals surface area contributed by atoms with Crippen LogP contribution in [-0.4, -0.2) is 8.42 Å². The van der Waals surface area contributed by atoms with Crippen LogP contribution in [0.4, 0.5) is 0 Å². The largest absolute Gasteiger partial charge is 0.317 e. The van der Waals surface area contributed by atoms with Crippen molar-refractivity contribution in [2.45, 2.75) is 6.92 Å². The molecular formula is C7H7Cl3O2S. The number of rotatable bonds is 0. The highest BCUT2D eigenvalue weighted by molar-refractivity contribution is 8.31. The lowest BCUT2D eigenvalue weighted by molar-refractivity contribution is 0.621. The second-order valence-electron chi connectivity index (χ2n) is 2.18. The van der Waals surface area contributed by atoms with Gasteiger partial charge < -0.3 is 0 Å². The molecule has 0 aliphatic rings. The van der Waals surface area contributed by atoms with Crippen molar-refractivity contribution in [3.05, 3.63) is 34.9 Å². The Labute approximate surface area is 91.3 Å². The number of halogens is 3. The zero-order chi connectivity index (χ0) is 10.5. The molecule has 1 rings (SSSR count). The fourth-order valence-corrected chi connectivity index (χ4v) is 0.850. The minimum Gasteiger partial charge on any atom is -0.195 e. The summed E-state index contributed by atoms with van der Waals surface area (Å²) in [7, 11) is 4.81. The second kappa shape index (κ2) is 5.70. The summed E-state index contributed by atoms with van der Waals surface area (Å²) in [6, 6.07) is 7.76. The lowest BCUT2D eigenvalue weighted by Gasteiger charge is -1.88. The van der Waals surface area contributed by atoms with Crippen LogP contribution in [0.15, 0.2) is 24.3 Å². The Hall–Kier alpha value is 0.0400. The quantitative estimate of drug-likeness (QED) is 0.671. The lowest BCUT2D eigenvalue weighted by Crippen LogP contribution is -1.66. The molecule has 0 spiro atoms. The van der Waals surface area contributed by atoms with Crippen LogP contribution in [0.3, 0.4) is 0 Å². The maximum Gasteiger partial charge on any atom is 0.317 e. The molecule has 13 heavy (non-hydrogen) atoms. The Morgan fingerprint density at radius 3 is 1.92 bits per heavy atom. The van der Waals surface area contributed by atoms with Crippen LogP contribution in [0.5, 0.6) is 0 Å². The molecule has 74 valence electrons. The van der Waals surface area contributed by atoms with E-state index in [9.17, 15) is 0 Å². The van der Waals surface area contributed by atoms with Crippen LogP contribution in [0.2, 0.25) is 5.02 Å². The Bertz CT molecular complexity index is 337. The lowest BCUT2D eigenvalue weighted by atomic mass is 10.2.